The molecule has 1 unspecified atom stereocenters. The summed E-state index contributed by atoms with van der Waals surface area (Å²) in [6, 6.07) is 0. The van der Waals surface area contributed by atoms with Crippen molar-refractivity contribution in [3.63, 3.8) is 0 Å². The van der Waals surface area contributed by atoms with Gasteiger partial charge in [-0.25, -0.2) is 0 Å². The van der Waals surface area contributed by atoms with Gasteiger partial charge in [0.15, 0.2) is 8.03 Å². The molecule has 3 heteroatoms. The zero-order valence-corrected chi connectivity index (χ0v) is 9.55. The lowest BCUT2D eigenvalue weighted by Gasteiger charge is -2.02. The molecule has 0 rings (SSSR count). The zero-order valence-electron chi connectivity index (χ0n) is 8.55. The van der Waals surface area contributed by atoms with Crippen LogP contribution < -0.4 is 0 Å². The number of unbranched alkanes of at least 4 members (excludes halogenated alkanes) is 3. The van der Waals surface area contributed by atoms with Gasteiger partial charge in [0.1, 0.15) is 0 Å². The number of hydrogen-bond acceptors (Lipinski definition) is 2. The normalized spacial score (nSPS) is 12.7. The fourth-order valence-corrected chi connectivity index (χ4v) is 1.96. The summed E-state index contributed by atoms with van der Waals surface area (Å²) in [5, 5.41) is 0. The molecule has 78 valence electrons. The third-order valence-electron chi connectivity index (χ3n) is 1.81. The van der Waals surface area contributed by atoms with E-state index in [1.807, 2.05) is 0 Å². The molecule has 0 N–H and O–H groups in total. The minimum absolute atomic E-state index is 0.655. The largest absolute Gasteiger partial charge is 0.330 e. The van der Waals surface area contributed by atoms with Crippen LogP contribution in [0.25, 0.3) is 0 Å². The monoisotopic (exact) mass is 204 g/mol. The molecule has 0 aromatic rings. The van der Waals surface area contributed by atoms with Crippen LogP contribution in [0.15, 0.2) is 12.7 Å². The Morgan fingerprint density at radius 2 is 2.15 bits per heavy atom. The van der Waals surface area contributed by atoms with E-state index in [9.17, 15) is 4.57 Å². The second-order valence-corrected chi connectivity index (χ2v) is 4.64. The van der Waals surface area contributed by atoms with Crippen molar-refractivity contribution in [2.24, 2.45) is 0 Å². The van der Waals surface area contributed by atoms with Gasteiger partial charge in [-0.1, -0.05) is 32.3 Å². The van der Waals surface area contributed by atoms with Crippen molar-refractivity contribution in [3.05, 3.63) is 12.7 Å². The van der Waals surface area contributed by atoms with Gasteiger partial charge in [-0.2, -0.15) is 0 Å². The molecule has 13 heavy (non-hydrogen) atoms. The highest BCUT2D eigenvalue weighted by molar-refractivity contribution is 7.39. The maximum Gasteiger partial charge on any atom is 0.191 e. The van der Waals surface area contributed by atoms with Crippen LogP contribution in [0.2, 0.25) is 0 Å². The van der Waals surface area contributed by atoms with Crippen LogP contribution in [0.4, 0.5) is 0 Å². The Morgan fingerprint density at radius 1 is 1.38 bits per heavy atom. The number of allylic oxidation sites excluding steroid dienone is 1. The Labute approximate surface area is 82.2 Å². The van der Waals surface area contributed by atoms with Gasteiger partial charge in [-0.3, -0.25) is 4.57 Å². The third-order valence-corrected chi connectivity index (χ3v) is 3.04. The van der Waals surface area contributed by atoms with E-state index in [2.05, 4.69) is 13.5 Å². The first-order valence-corrected chi connectivity index (χ1v) is 6.60. The summed E-state index contributed by atoms with van der Waals surface area (Å²) in [7, 11) is -1.76. The SMILES string of the molecule is C=CCC[PH](=O)OCCCCCC. The van der Waals surface area contributed by atoms with E-state index in [0.29, 0.717) is 12.8 Å². The Morgan fingerprint density at radius 3 is 2.77 bits per heavy atom. The van der Waals surface area contributed by atoms with Crippen molar-refractivity contribution in [2.75, 3.05) is 12.8 Å². The van der Waals surface area contributed by atoms with Crippen LogP contribution in [0, 0.1) is 0 Å². The summed E-state index contributed by atoms with van der Waals surface area (Å²) in [5.41, 5.74) is 0. The van der Waals surface area contributed by atoms with E-state index < -0.39 is 8.03 Å². The van der Waals surface area contributed by atoms with Gasteiger partial charge in [0, 0.05) is 6.16 Å². The molecule has 2 nitrogen and oxygen atoms in total. The van der Waals surface area contributed by atoms with Crippen molar-refractivity contribution in [2.45, 2.75) is 39.0 Å². The van der Waals surface area contributed by atoms with Crippen LogP contribution in [0.5, 0.6) is 0 Å². The van der Waals surface area contributed by atoms with Gasteiger partial charge in [0.05, 0.1) is 6.61 Å². The van der Waals surface area contributed by atoms with Gasteiger partial charge in [0.25, 0.3) is 0 Å². The quantitative estimate of drug-likeness (QED) is 0.325. The molecule has 0 aromatic heterocycles. The molecule has 0 aromatic carbocycles. The highest BCUT2D eigenvalue weighted by Gasteiger charge is 1.97. The fraction of sp³-hybridized carbons (Fsp3) is 0.800. The molecular formula is C10H21O2P. The summed E-state index contributed by atoms with van der Waals surface area (Å²) in [6.07, 6.45) is 7.94. The van der Waals surface area contributed by atoms with E-state index >= 15 is 0 Å². The van der Waals surface area contributed by atoms with Crippen LogP contribution in [0.1, 0.15) is 39.0 Å². The lowest BCUT2D eigenvalue weighted by molar-refractivity contribution is 0.316. The number of hydrogen-bond donors (Lipinski definition) is 0. The second kappa shape index (κ2) is 10.0. The molecule has 0 aliphatic heterocycles. The van der Waals surface area contributed by atoms with Crippen LogP contribution >= 0.6 is 8.03 Å². The minimum Gasteiger partial charge on any atom is -0.330 e. The van der Waals surface area contributed by atoms with Crippen molar-refractivity contribution in [3.8, 4) is 0 Å². The molecule has 0 aliphatic carbocycles. The maximum atomic E-state index is 11.1. The lowest BCUT2D eigenvalue weighted by Crippen LogP contribution is -1.88. The Hall–Kier alpha value is -0.0700. The summed E-state index contributed by atoms with van der Waals surface area (Å²) in [5.74, 6) is 0. The predicted molar refractivity (Wildman–Crippen MR) is 58.8 cm³/mol. The molecule has 0 radical (unpaired) electrons. The molecule has 0 spiro atoms. The molecule has 0 saturated carbocycles. The number of rotatable bonds is 9. The Balaban J connectivity index is 3.12. The van der Waals surface area contributed by atoms with E-state index in [-0.39, 0.29) is 0 Å². The van der Waals surface area contributed by atoms with E-state index in [4.69, 9.17) is 4.52 Å². The second-order valence-electron chi connectivity index (χ2n) is 3.11. The zero-order chi connectivity index (χ0) is 9.94. The van der Waals surface area contributed by atoms with Crippen LogP contribution in [-0.4, -0.2) is 12.8 Å². The van der Waals surface area contributed by atoms with E-state index in [0.717, 1.165) is 12.8 Å². The summed E-state index contributed by atoms with van der Waals surface area (Å²) < 4.78 is 16.3. The average molecular weight is 204 g/mol. The van der Waals surface area contributed by atoms with Gasteiger partial charge < -0.3 is 4.52 Å². The first-order valence-electron chi connectivity index (χ1n) is 5.07. The summed E-state index contributed by atoms with van der Waals surface area (Å²) in [4.78, 5) is 0. The first-order chi connectivity index (χ1) is 6.31. The van der Waals surface area contributed by atoms with E-state index in [1.165, 1.54) is 19.3 Å². The molecule has 1 atom stereocenters. The Kier molecular flexibility index (Phi) is 9.96. The summed E-state index contributed by atoms with van der Waals surface area (Å²) in [6.45, 7) is 6.41. The van der Waals surface area contributed by atoms with Gasteiger partial charge >= 0.3 is 0 Å². The van der Waals surface area contributed by atoms with Gasteiger partial charge in [-0.05, 0) is 12.8 Å². The molecule has 0 saturated heterocycles. The first kappa shape index (κ1) is 12.9. The van der Waals surface area contributed by atoms with Gasteiger partial charge in [-0.15, -0.1) is 6.58 Å². The molecule has 0 aliphatic rings. The van der Waals surface area contributed by atoms with Crippen LogP contribution in [0.3, 0.4) is 0 Å². The lowest BCUT2D eigenvalue weighted by atomic mass is 10.2. The van der Waals surface area contributed by atoms with Crippen LogP contribution in [-0.2, 0) is 9.09 Å². The van der Waals surface area contributed by atoms with Crippen molar-refractivity contribution < 1.29 is 9.09 Å². The molecule has 0 amide bonds. The average Bonchev–Trinajstić information content (AvgIpc) is 2.14. The van der Waals surface area contributed by atoms with E-state index in [1.54, 1.807) is 6.08 Å². The molecule has 0 heterocycles. The van der Waals surface area contributed by atoms with Crippen molar-refractivity contribution >= 4 is 8.03 Å². The smallest absolute Gasteiger partial charge is 0.191 e. The standard InChI is InChI=1S/C10H21O2P/c1-3-5-7-8-9-12-13(11)10-6-4-2/h4,13H,2-3,5-10H2,1H3. The summed E-state index contributed by atoms with van der Waals surface area (Å²) >= 11 is 0. The molecule has 0 bridgehead atoms. The fourth-order valence-electron chi connectivity index (χ4n) is 1.01. The minimum atomic E-state index is -1.76. The van der Waals surface area contributed by atoms with Gasteiger partial charge in [0.2, 0.25) is 0 Å². The molecule has 0 fully saturated rings. The molecular weight excluding hydrogens is 183 g/mol. The van der Waals surface area contributed by atoms with Crippen molar-refractivity contribution in [1.82, 2.24) is 0 Å². The highest BCUT2D eigenvalue weighted by Crippen LogP contribution is 2.23. The highest BCUT2D eigenvalue weighted by atomic mass is 31.1. The Bertz CT molecular complexity index is 146. The van der Waals surface area contributed by atoms with Crippen molar-refractivity contribution in [1.29, 1.82) is 0 Å². The maximum absolute atomic E-state index is 11.1. The topological polar surface area (TPSA) is 26.3 Å². The predicted octanol–water partition coefficient (Wildman–Crippen LogP) is 3.63. The third kappa shape index (κ3) is 9.85.